The molecular formula is C64H39NO2. The molecule has 2 unspecified atom stereocenters. The molecule has 2 aliphatic heterocycles. The van der Waals surface area contributed by atoms with E-state index < -0.39 is 10.8 Å². The molecule has 312 valence electrons. The van der Waals surface area contributed by atoms with E-state index in [1.807, 2.05) is 0 Å². The molecule has 4 aliphatic rings. The minimum absolute atomic E-state index is 0.638. The highest BCUT2D eigenvalue weighted by Crippen LogP contribution is 2.66. The Hall–Kier alpha value is -8.66. The number of rotatable bonds is 3. The van der Waals surface area contributed by atoms with Crippen LogP contribution in [0, 0.1) is 0 Å². The lowest BCUT2D eigenvalue weighted by Gasteiger charge is -2.40. The maximum Gasteiger partial charge on any atom is 0.140 e. The predicted octanol–water partition coefficient (Wildman–Crippen LogP) is 16.4. The highest BCUT2D eigenvalue weighted by Gasteiger charge is 2.54. The molecular weight excluding hydrogens is 815 g/mol. The average Bonchev–Trinajstić information content (AvgIpc) is 3.85. The van der Waals surface area contributed by atoms with Crippen molar-refractivity contribution in [1.29, 1.82) is 0 Å². The Balaban J connectivity index is 1.03. The van der Waals surface area contributed by atoms with Crippen molar-refractivity contribution in [3.63, 3.8) is 0 Å². The lowest BCUT2D eigenvalue weighted by molar-refractivity contribution is 0.441. The van der Waals surface area contributed by atoms with Gasteiger partial charge in [0.2, 0.25) is 0 Å². The highest BCUT2D eigenvalue weighted by molar-refractivity contribution is 6.02. The first kappa shape index (κ1) is 36.7. The van der Waals surface area contributed by atoms with Crippen molar-refractivity contribution in [3.8, 4) is 45.3 Å². The Morgan fingerprint density at radius 1 is 0.299 bits per heavy atom. The molecule has 3 nitrogen and oxygen atoms in total. The van der Waals surface area contributed by atoms with Crippen LogP contribution in [-0.4, -0.2) is 0 Å². The Morgan fingerprint density at radius 2 is 0.791 bits per heavy atom. The van der Waals surface area contributed by atoms with E-state index in [1.165, 1.54) is 44.5 Å². The smallest absolute Gasteiger partial charge is 0.140 e. The molecule has 0 aromatic heterocycles. The maximum atomic E-state index is 7.02. The molecule has 67 heavy (non-hydrogen) atoms. The topological polar surface area (TPSA) is 21.7 Å². The number of fused-ring (bicyclic) bond motifs is 22. The van der Waals surface area contributed by atoms with Gasteiger partial charge >= 0.3 is 0 Å². The van der Waals surface area contributed by atoms with E-state index in [0.29, 0.717) is 0 Å². The van der Waals surface area contributed by atoms with Crippen molar-refractivity contribution in [1.82, 2.24) is 0 Å². The summed E-state index contributed by atoms with van der Waals surface area (Å²) in [5, 5.41) is 4.54. The third-order valence-electron chi connectivity index (χ3n) is 15.2. The largest absolute Gasteiger partial charge is 0.456 e. The molecule has 15 rings (SSSR count). The van der Waals surface area contributed by atoms with Gasteiger partial charge in [-0.25, -0.2) is 0 Å². The van der Waals surface area contributed by atoms with Crippen LogP contribution < -0.4 is 14.4 Å². The third kappa shape index (κ3) is 4.65. The third-order valence-corrected chi connectivity index (χ3v) is 15.2. The van der Waals surface area contributed by atoms with Crippen LogP contribution in [0.15, 0.2) is 237 Å². The van der Waals surface area contributed by atoms with E-state index in [0.717, 1.165) is 83.9 Å². The SMILES string of the molecule is c1ccc(N(c2ccc3c(c2)C2(c4ccccc4Oc4c2ccc2ccccc42)c2ccccc2-3)c2cccc3c2-c2ccccc2C32c3ccccc3Oc3c2ccc2ccccc32)cc1. The van der Waals surface area contributed by atoms with Crippen molar-refractivity contribution in [2.45, 2.75) is 10.8 Å². The number of nitrogens with zero attached hydrogens (tertiary/aromatic N) is 1. The van der Waals surface area contributed by atoms with Gasteiger partial charge in [-0.3, -0.25) is 0 Å². The fourth-order valence-electron chi connectivity index (χ4n) is 12.6. The molecule has 2 spiro atoms. The summed E-state index contributed by atoms with van der Waals surface area (Å²) in [7, 11) is 0. The van der Waals surface area contributed by atoms with Gasteiger partial charge in [-0.2, -0.15) is 0 Å². The molecule has 0 radical (unpaired) electrons. The van der Waals surface area contributed by atoms with Gasteiger partial charge in [0, 0.05) is 50.0 Å². The quantitative estimate of drug-likeness (QED) is 0.177. The summed E-state index contributed by atoms with van der Waals surface area (Å²) in [6.45, 7) is 0. The Bertz CT molecular complexity index is 3910. The van der Waals surface area contributed by atoms with Crippen molar-refractivity contribution >= 4 is 38.6 Å². The second-order valence-corrected chi connectivity index (χ2v) is 18.2. The molecule has 0 fully saturated rings. The molecule has 0 N–H and O–H groups in total. The normalized spacial score (nSPS) is 17.3. The van der Waals surface area contributed by atoms with E-state index in [2.05, 4.69) is 241 Å². The van der Waals surface area contributed by atoms with E-state index in [-0.39, 0.29) is 0 Å². The highest BCUT2D eigenvalue weighted by atomic mass is 16.5. The van der Waals surface area contributed by atoms with E-state index in [9.17, 15) is 0 Å². The molecule has 2 aliphatic carbocycles. The molecule has 11 aromatic rings. The number of anilines is 3. The minimum Gasteiger partial charge on any atom is -0.456 e. The predicted molar refractivity (Wildman–Crippen MR) is 271 cm³/mol. The van der Waals surface area contributed by atoms with Gasteiger partial charge in [0.15, 0.2) is 0 Å². The minimum atomic E-state index is -0.647. The van der Waals surface area contributed by atoms with Gasteiger partial charge < -0.3 is 14.4 Å². The zero-order valence-electron chi connectivity index (χ0n) is 36.3. The van der Waals surface area contributed by atoms with E-state index in [4.69, 9.17) is 9.47 Å². The van der Waals surface area contributed by atoms with E-state index >= 15 is 0 Å². The zero-order valence-corrected chi connectivity index (χ0v) is 36.3. The molecule has 2 heterocycles. The lowest BCUT2D eigenvalue weighted by Crippen LogP contribution is -2.32. The Kier molecular flexibility index (Phi) is 7.36. The average molecular weight is 854 g/mol. The summed E-state index contributed by atoms with van der Waals surface area (Å²) >= 11 is 0. The van der Waals surface area contributed by atoms with Gasteiger partial charge in [-0.15, -0.1) is 0 Å². The van der Waals surface area contributed by atoms with Gasteiger partial charge in [0.25, 0.3) is 0 Å². The van der Waals surface area contributed by atoms with Gasteiger partial charge in [-0.05, 0) is 92.2 Å². The van der Waals surface area contributed by atoms with Gasteiger partial charge in [-0.1, -0.05) is 194 Å². The van der Waals surface area contributed by atoms with Crippen LogP contribution >= 0.6 is 0 Å². The van der Waals surface area contributed by atoms with Crippen molar-refractivity contribution in [2.24, 2.45) is 0 Å². The fraction of sp³-hybridized carbons (Fsp3) is 0.0312. The molecule has 3 heteroatoms. The second-order valence-electron chi connectivity index (χ2n) is 18.2. The number of ether oxygens (including phenoxy) is 2. The van der Waals surface area contributed by atoms with E-state index in [1.54, 1.807) is 0 Å². The first-order chi connectivity index (χ1) is 33.2. The summed E-state index contributed by atoms with van der Waals surface area (Å²) in [6.07, 6.45) is 0. The first-order valence-electron chi connectivity index (χ1n) is 23.2. The molecule has 2 atom stereocenters. The summed E-state index contributed by atoms with van der Waals surface area (Å²) in [5.41, 5.74) is 16.5. The van der Waals surface area contributed by atoms with Gasteiger partial charge in [0.1, 0.15) is 23.0 Å². The monoisotopic (exact) mass is 853 g/mol. The molecule has 0 bridgehead atoms. The van der Waals surface area contributed by atoms with Crippen LogP contribution in [0.2, 0.25) is 0 Å². The molecule has 11 aromatic carbocycles. The van der Waals surface area contributed by atoms with Crippen molar-refractivity contribution in [2.75, 3.05) is 4.90 Å². The summed E-state index contributed by atoms with van der Waals surface area (Å²) in [6, 6.07) is 86.7. The standard InChI is InChI=1S/C64H39NO2/c1-2-19-42(20-3-1)65(43-35-36-47-46-23-8-10-25-49(46)64(56(47)39-43)52-28-13-15-32-59(52)67-62-45-22-7-5-18-41(45)34-38-55(62)64)57-30-16-29-53-60(57)48-24-9-11-26-50(48)63(53)51-27-12-14-31-58(51)66-61-44-21-6-4-17-40(44)33-37-54(61)63/h1-39H. The van der Waals surface area contributed by atoms with Crippen molar-refractivity contribution in [3.05, 3.63) is 281 Å². The fourth-order valence-corrected chi connectivity index (χ4v) is 12.6. The van der Waals surface area contributed by atoms with Crippen LogP contribution in [0.25, 0.3) is 43.8 Å². The Labute approximate surface area is 388 Å². The van der Waals surface area contributed by atoms with Crippen LogP contribution in [-0.2, 0) is 10.8 Å². The molecule has 0 saturated heterocycles. The number of para-hydroxylation sites is 3. The second kappa shape index (κ2) is 13.4. The number of hydrogen-bond acceptors (Lipinski definition) is 3. The number of benzene rings is 11. The lowest BCUT2D eigenvalue weighted by atomic mass is 9.65. The molecule has 0 amide bonds. The van der Waals surface area contributed by atoms with Crippen LogP contribution in [0.1, 0.15) is 44.5 Å². The number of hydrogen-bond donors (Lipinski definition) is 0. The first-order valence-corrected chi connectivity index (χ1v) is 23.2. The maximum absolute atomic E-state index is 7.02. The van der Waals surface area contributed by atoms with Crippen LogP contribution in [0.3, 0.4) is 0 Å². The Morgan fingerprint density at radius 3 is 1.45 bits per heavy atom. The van der Waals surface area contributed by atoms with Crippen LogP contribution in [0.4, 0.5) is 17.1 Å². The summed E-state index contributed by atoms with van der Waals surface area (Å²) < 4.78 is 14.0. The van der Waals surface area contributed by atoms with Crippen LogP contribution in [0.5, 0.6) is 23.0 Å². The zero-order chi connectivity index (χ0) is 43.8. The summed E-state index contributed by atoms with van der Waals surface area (Å²) in [5.74, 6) is 3.59. The molecule has 0 saturated carbocycles. The van der Waals surface area contributed by atoms with Gasteiger partial charge in [0.05, 0.1) is 16.5 Å². The summed E-state index contributed by atoms with van der Waals surface area (Å²) in [4.78, 5) is 2.49. The van der Waals surface area contributed by atoms with Crippen molar-refractivity contribution < 1.29 is 9.47 Å².